The van der Waals surface area contributed by atoms with Crippen molar-refractivity contribution in [3.05, 3.63) is 16.1 Å². The highest BCUT2D eigenvalue weighted by atomic mass is 32.1. The minimum Gasteiger partial charge on any atom is -0.480 e. The summed E-state index contributed by atoms with van der Waals surface area (Å²) in [5.41, 5.74) is 1.24. The van der Waals surface area contributed by atoms with Crippen molar-refractivity contribution in [2.75, 3.05) is 26.2 Å². The Morgan fingerprint density at radius 3 is 2.45 bits per heavy atom. The minimum atomic E-state index is -0.703. The Morgan fingerprint density at radius 1 is 1.36 bits per heavy atom. The van der Waals surface area contributed by atoms with E-state index < -0.39 is 5.97 Å². The van der Waals surface area contributed by atoms with Crippen LogP contribution < -0.4 is 0 Å². The molecule has 1 N–H and O–H groups in total. The summed E-state index contributed by atoms with van der Waals surface area (Å²) in [4.78, 5) is 20.4. The van der Waals surface area contributed by atoms with Crippen molar-refractivity contribution in [3.63, 3.8) is 0 Å². The van der Waals surface area contributed by atoms with E-state index in [-0.39, 0.29) is 11.5 Å². The third-order valence-corrected chi connectivity index (χ3v) is 5.42. The summed E-state index contributed by atoms with van der Waals surface area (Å²) in [6, 6.07) is -0.339. The molecule has 0 aromatic carbocycles. The second-order valence-corrected chi connectivity index (χ2v) is 7.83. The number of carbonyl (C=O) groups is 1. The number of thiazole rings is 1. The van der Waals surface area contributed by atoms with Crippen LogP contribution in [0.3, 0.4) is 0 Å². The maximum absolute atomic E-state index is 11.2. The molecule has 2 heterocycles. The van der Waals surface area contributed by atoms with Gasteiger partial charge in [-0.2, -0.15) is 0 Å². The van der Waals surface area contributed by atoms with Gasteiger partial charge in [-0.25, -0.2) is 4.98 Å². The Labute approximate surface area is 137 Å². The Morgan fingerprint density at radius 2 is 2.00 bits per heavy atom. The lowest BCUT2D eigenvalue weighted by Crippen LogP contribution is -2.52. The van der Waals surface area contributed by atoms with Gasteiger partial charge in [0.15, 0.2) is 0 Å². The lowest BCUT2D eigenvalue weighted by Gasteiger charge is -2.37. The van der Waals surface area contributed by atoms with Crippen molar-refractivity contribution in [3.8, 4) is 0 Å². The Kier molecular flexibility index (Phi) is 5.58. The second-order valence-electron chi connectivity index (χ2n) is 6.97. The van der Waals surface area contributed by atoms with Gasteiger partial charge in [-0.3, -0.25) is 14.6 Å². The summed E-state index contributed by atoms with van der Waals surface area (Å²) in [6.07, 6.45) is 0.663. The zero-order chi connectivity index (χ0) is 16.3. The van der Waals surface area contributed by atoms with E-state index in [4.69, 9.17) is 4.98 Å². The van der Waals surface area contributed by atoms with Crippen molar-refractivity contribution in [2.24, 2.45) is 0 Å². The molecule has 0 bridgehead atoms. The van der Waals surface area contributed by atoms with Crippen LogP contribution in [0.1, 0.15) is 44.8 Å². The van der Waals surface area contributed by atoms with Crippen LogP contribution in [-0.4, -0.2) is 58.1 Å². The first kappa shape index (κ1) is 17.4. The van der Waals surface area contributed by atoms with E-state index in [1.807, 2.05) is 6.92 Å². The molecule has 1 atom stereocenters. The Bertz CT molecular complexity index is 502. The maximum atomic E-state index is 11.2. The first-order chi connectivity index (χ1) is 10.3. The molecule has 5 nitrogen and oxygen atoms in total. The molecule has 0 spiro atoms. The van der Waals surface area contributed by atoms with E-state index in [9.17, 15) is 9.90 Å². The van der Waals surface area contributed by atoms with Gasteiger partial charge in [0, 0.05) is 43.5 Å². The fourth-order valence-electron chi connectivity index (χ4n) is 2.78. The van der Waals surface area contributed by atoms with Crippen LogP contribution in [-0.2, 0) is 16.8 Å². The second kappa shape index (κ2) is 7.06. The molecule has 0 saturated carbocycles. The topological polar surface area (TPSA) is 56.7 Å². The first-order valence-electron chi connectivity index (χ1n) is 7.95. The zero-order valence-electron chi connectivity index (χ0n) is 14.0. The van der Waals surface area contributed by atoms with Gasteiger partial charge in [-0.1, -0.05) is 27.7 Å². The van der Waals surface area contributed by atoms with E-state index in [1.165, 1.54) is 5.01 Å². The smallest absolute Gasteiger partial charge is 0.320 e. The van der Waals surface area contributed by atoms with E-state index in [0.717, 1.165) is 38.4 Å². The number of nitrogens with zero attached hydrogens (tertiary/aromatic N) is 3. The summed E-state index contributed by atoms with van der Waals surface area (Å²) in [7, 11) is 0. The molecule has 22 heavy (non-hydrogen) atoms. The van der Waals surface area contributed by atoms with Crippen LogP contribution in [0, 0.1) is 0 Å². The van der Waals surface area contributed by atoms with Gasteiger partial charge < -0.3 is 5.11 Å². The number of rotatable bonds is 5. The third-order valence-electron chi connectivity index (χ3n) is 4.10. The SMILES string of the molecule is CCC(C(=O)O)N1CCN(Cc2csc(C(C)(C)C)n2)CC1. The lowest BCUT2D eigenvalue weighted by atomic mass is 9.98. The van der Waals surface area contributed by atoms with Crippen molar-refractivity contribution in [1.82, 2.24) is 14.8 Å². The molecular weight excluding hydrogens is 298 g/mol. The van der Waals surface area contributed by atoms with E-state index in [1.54, 1.807) is 11.3 Å². The van der Waals surface area contributed by atoms with Crippen LogP contribution >= 0.6 is 11.3 Å². The third kappa shape index (κ3) is 4.27. The Hall–Kier alpha value is -0.980. The number of carboxylic acids is 1. The predicted octanol–water partition coefficient (Wildman–Crippen LogP) is 2.42. The van der Waals surface area contributed by atoms with Gasteiger partial charge in [0.2, 0.25) is 0 Å². The van der Waals surface area contributed by atoms with Gasteiger partial charge in [-0.05, 0) is 6.42 Å². The predicted molar refractivity (Wildman–Crippen MR) is 89.4 cm³/mol. The molecule has 1 saturated heterocycles. The molecule has 0 aliphatic carbocycles. The maximum Gasteiger partial charge on any atom is 0.320 e. The molecule has 0 radical (unpaired) electrons. The molecule has 1 fully saturated rings. The number of piperazine rings is 1. The standard InChI is InChI=1S/C16H27N3O2S/c1-5-13(14(20)21)19-8-6-18(7-9-19)10-12-11-22-15(17-12)16(2,3)4/h11,13H,5-10H2,1-4H3,(H,20,21). The molecule has 124 valence electrons. The van der Waals surface area contributed by atoms with Crippen molar-refractivity contribution in [1.29, 1.82) is 0 Å². The quantitative estimate of drug-likeness (QED) is 0.901. The van der Waals surface area contributed by atoms with Crippen molar-refractivity contribution >= 4 is 17.3 Å². The van der Waals surface area contributed by atoms with E-state index >= 15 is 0 Å². The molecule has 1 aromatic rings. The molecule has 6 heteroatoms. The molecule has 1 unspecified atom stereocenters. The fraction of sp³-hybridized carbons (Fsp3) is 0.750. The lowest BCUT2D eigenvalue weighted by molar-refractivity contribution is -0.144. The average Bonchev–Trinajstić information content (AvgIpc) is 2.89. The molecule has 0 amide bonds. The van der Waals surface area contributed by atoms with Crippen LogP contribution in [0.15, 0.2) is 5.38 Å². The minimum absolute atomic E-state index is 0.109. The normalized spacial score (nSPS) is 19.3. The van der Waals surface area contributed by atoms with Gasteiger partial charge >= 0.3 is 5.97 Å². The Balaban J connectivity index is 1.87. The van der Waals surface area contributed by atoms with Gasteiger partial charge in [-0.15, -0.1) is 11.3 Å². The monoisotopic (exact) mass is 325 g/mol. The summed E-state index contributed by atoms with van der Waals surface area (Å²) in [5.74, 6) is -0.703. The summed E-state index contributed by atoms with van der Waals surface area (Å²) >= 11 is 1.73. The summed E-state index contributed by atoms with van der Waals surface area (Å²) in [5, 5.41) is 12.6. The number of aliphatic carboxylic acids is 1. The largest absolute Gasteiger partial charge is 0.480 e. The number of hydrogen-bond donors (Lipinski definition) is 1. The zero-order valence-corrected chi connectivity index (χ0v) is 14.8. The summed E-state index contributed by atoms with van der Waals surface area (Å²) in [6.45, 7) is 12.8. The van der Waals surface area contributed by atoms with E-state index in [2.05, 4.69) is 36.0 Å². The number of aromatic nitrogens is 1. The molecule has 1 aliphatic rings. The number of hydrogen-bond acceptors (Lipinski definition) is 5. The fourth-order valence-corrected chi connectivity index (χ4v) is 3.67. The van der Waals surface area contributed by atoms with Crippen LogP contribution in [0.2, 0.25) is 0 Å². The van der Waals surface area contributed by atoms with Gasteiger partial charge in [0.1, 0.15) is 6.04 Å². The highest BCUT2D eigenvalue weighted by molar-refractivity contribution is 7.09. The van der Waals surface area contributed by atoms with Crippen molar-refractivity contribution in [2.45, 2.75) is 52.1 Å². The summed E-state index contributed by atoms with van der Waals surface area (Å²) < 4.78 is 0. The van der Waals surface area contributed by atoms with Gasteiger partial charge in [0.25, 0.3) is 0 Å². The van der Waals surface area contributed by atoms with E-state index in [0.29, 0.717) is 6.42 Å². The molecule has 1 aromatic heterocycles. The van der Waals surface area contributed by atoms with Crippen molar-refractivity contribution < 1.29 is 9.90 Å². The average molecular weight is 325 g/mol. The van der Waals surface area contributed by atoms with Crippen LogP contribution in [0.4, 0.5) is 0 Å². The molecular formula is C16H27N3O2S. The highest BCUT2D eigenvalue weighted by Crippen LogP contribution is 2.26. The molecule has 2 rings (SSSR count). The molecule has 1 aliphatic heterocycles. The first-order valence-corrected chi connectivity index (χ1v) is 8.83. The number of carboxylic acid groups (broad SMARTS) is 1. The van der Waals surface area contributed by atoms with Crippen LogP contribution in [0.25, 0.3) is 0 Å². The van der Waals surface area contributed by atoms with Gasteiger partial charge in [0.05, 0.1) is 10.7 Å². The highest BCUT2D eigenvalue weighted by Gasteiger charge is 2.27. The van der Waals surface area contributed by atoms with Crippen LogP contribution in [0.5, 0.6) is 0 Å².